The summed E-state index contributed by atoms with van der Waals surface area (Å²) in [6, 6.07) is 15.3. The van der Waals surface area contributed by atoms with Crippen molar-refractivity contribution < 1.29 is 19.4 Å². The van der Waals surface area contributed by atoms with E-state index in [0.717, 1.165) is 17.5 Å². The fourth-order valence-corrected chi connectivity index (χ4v) is 2.79. The average molecular weight is 386 g/mol. The standard InChI is InChI=1S/C22H30N2O4/c1-4-19(14-25)23-13-17-10-11-20(21(12-17)27-3)28-15-22(26)24-16(2)18-8-6-5-7-9-18/h5-12,16,19,23,25H,4,13-15H2,1-3H3,(H,24,26). The van der Waals surface area contributed by atoms with E-state index < -0.39 is 0 Å². The van der Waals surface area contributed by atoms with Gasteiger partial charge < -0.3 is 25.2 Å². The van der Waals surface area contributed by atoms with Crippen molar-refractivity contribution in [1.29, 1.82) is 0 Å². The molecule has 0 spiro atoms. The number of hydrogen-bond donors (Lipinski definition) is 3. The highest BCUT2D eigenvalue weighted by molar-refractivity contribution is 5.78. The van der Waals surface area contributed by atoms with E-state index in [0.29, 0.717) is 18.0 Å². The van der Waals surface area contributed by atoms with E-state index in [1.165, 1.54) is 0 Å². The van der Waals surface area contributed by atoms with Gasteiger partial charge in [-0.15, -0.1) is 0 Å². The number of aliphatic hydroxyl groups excluding tert-OH is 1. The van der Waals surface area contributed by atoms with Crippen molar-refractivity contribution in [3.8, 4) is 11.5 Å². The maximum Gasteiger partial charge on any atom is 0.258 e. The molecule has 0 aliphatic rings. The Morgan fingerprint density at radius 3 is 2.54 bits per heavy atom. The molecular formula is C22H30N2O4. The molecule has 0 aromatic heterocycles. The summed E-state index contributed by atoms with van der Waals surface area (Å²) in [5.74, 6) is 0.890. The fourth-order valence-electron chi connectivity index (χ4n) is 2.79. The van der Waals surface area contributed by atoms with E-state index in [4.69, 9.17) is 9.47 Å². The predicted molar refractivity (Wildman–Crippen MR) is 109 cm³/mol. The third kappa shape index (κ3) is 6.55. The lowest BCUT2D eigenvalue weighted by atomic mass is 10.1. The number of rotatable bonds is 11. The van der Waals surface area contributed by atoms with Crippen LogP contribution in [-0.4, -0.2) is 37.4 Å². The van der Waals surface area contributed by atoms with Gasteiger partial charge in [-0.1, -0.05) is 43.3 Å². The SMILES string of the molecule is CCC(CO)NCc1ccc(OCC(=O)NC(C)c2ccccc2)c(OC)c1. The average Bonchev–Trinajstić information content (AvgIpc) is 2.73. The minimum atomic E-state index is -0.196. The van der Waals surface area contributed by atoms with Gasteiger partial charge in [-0.2, -0.15) is 0 Å². The maximum atomic E-state index is 12.2. The second-order valence-corrected chi connectivity index (χ2v) is 6.64. The fraction of sp³-hybridized carbons (Fsp3) is 0.409. The van der Waals surface area contributed by atoms with Crippen LogP contribution in [0.15, 0.2) is 48.5 Å². The van der Waals surface area contributed by atoms with Crippen LogP contribution in [-0.2, 0) is 11.3 Å². The van der Waals surface area contributed by atoms with Gasteiger partial charge in [0.05, 0.1) is 19.8 Å². The Morgan fingerprint density at radius 2 is 1.89 bits per heavy atom. The third-order valence-electron chi connectivity index (χ3n) is 4.57. The molecule has 1 amide bonds. The Morgan fingerprint density at radius 1 is 1.14 bits per heavy atom. The van der Waals surface area contributed by atoms with Gasteiger partial charge in [0.15, 0.2) is 18.1 Å². The first kappa shape index (κ1) is 21.7. The summed E-state index contributed by atoms with van der Waals surface area (Å²) in [6.07, 6.45) is 0.853. The lowest BCUT2D eigenvalue weighted by molar-refractivity contribution is -0.123. The molecule has 0 saturated carbocycles. The van der Waals surface area contributed by atoms with Crippen LogP contribution < -0.4 is 20.1 Å². The summed E-state index contributed by atoms with van der Waals surface area (Å²) in [7, 11) is 1.57. The van der Waals surface area contributed by atoms with Crippen LogP contribution in [0.4, 0.5) is 0 Å². The third-order valence-corrected chi connectivity index (χ3v) is 4.57. The second kappa shape index (κ2) is 11.3. The van der Waals surface area contributed by atoms with Gasteiger partial charge in [0.25, 0.3) is 5.91 Å². The van der Waals surface area contributed by atoms with Crippen molar-refractivity contribution in [3.63, 3.8) is 0 Å². The number of amides is 1. The van der Waals surface area contributed by atoms with Crippen molar-refractivity contribution in [1.82, 2.24) is 10.6 Å². The summed E-state index contributed by atoms with van der Waals surface area (Å²) >= 11 is 0. The summed E-state index contributed by atoms with van der Waals surface area (Å²) in [4.78, 5) is 12.2. The highest BCUT2D eigenvalue weighted by Crippen LogP contribution is 2.28. The number of carbonyl (C=O) groups is 1. The van der Waals surface area contributed by atoms with Crippen LogP contribution in [0.1, 0.15) is 37.4 Å². The zero-order valence-corrected chi connectivity index (χ0v) is 16.8. The van der Waals surface area contributed by atoms with Crippen molar-refractivity contribution in [2.75, 3.05) is 20.3 Å². The molecule has 0 radical (unpaired) electrons. The lowest BCUT2D eigenvalue weighted by Gasteiger charge is -2.17. The molecule has 28 heavy (non-hydrogen) atoms. The van der Waals surface area contributed by atoms with E-state index in [2.05, 4.69) is 10.6 Å². The molecule has 2 atom stereocenters. The Bertz CT molecular complexity index is 733. The molecule has 2 unspecified atom stereocenters. The predicted octanol–water partition coefficient (Wildman–Crippen LogP) is 2.81. The molecule has 2 rings (SSSR count). The van der Waals surface area contributed by atoms with Gasteiger partial charge in [-0.3, -0.25) is 4.79 Å². The molecule has 0 fully saturated rings. The number of carbonyl (C=O) groups excluding carboxylic acids is 1. The van der Waals surface area contributed by atoms with E-state index in [-0.39, 0.29) is 31.2 Å². The quantitative estimate of drug-likeness (QED) is 0.553. The van der Waals surface area contributed by atoms with Crippen molar-refractivity contribution >= 4 is 5.91 Å². The van der Waals surface area contributed by atoms with Crippen LogP contribution >= 0.6 is 0 Å². The number of nitrogens with one attached hydrogen (secondary N) is 2. The van der Waals surface area contributed by atoms with Gasteiger partial charge >= 0.3 is 0 Å². The first-order chi connectivity index (χ1) is 13.6. The smallest absolute Gasteiger partial charge is 0.258 e. The molecule has 0 bridgehead atoms. The van der Waals surface area contributed by atoms with Gasteiger partial charge in [-0.25, -0.2) is 0 Å². The summed E-state index contributed by atoms with van der Waals surface area (Å²) in [6.45, 7) is 4.59. The first-order valence-corrected chi connectivity index (χ1v) is 9.55. The molecule has 152 valence electrons. The summed E-state index contributed by atoms with van der Waals surface area (Å²) in [5, 5.41) is 15.5. The van der Waals surface area contributed by atoms with E-state index in [1.807, 2.05) is 56.3 Å². The van der Waals surface area contributed by atoms with E-state index in [9.17, 15) is 9.90 Å². The van der Waals surface area contributed by atoms with Crippen LogP contribution in [0.5, 0.6) is 11.5 Å². The number of benzene rings is 2. The molecule has 2 aromatic carbocycles. The Balaban J connectivity index is 1.89. The number of methoxy groups -OCH3 is 1. The second-order valence-electron chi connectivity index (χ2n) is 6.64. The van der Waals surface area contributed by atoms with Gasteiger partial charge in [-0.05, 0) is 36.6 Å². The Kier molecular flexibility index (Phi) is 8.78. The Hall–Kier alpha value is -2.57. The molecule has 0 aliphatic heterocycles. The van der Waals surface area contributed by atoms with Gasteiger partial charge in [0.1, 0.15) is 0 Å². The monoisotopic (exact) mass is 386 g/mol. The highest BCUT2D eigenvalue weighted by Gasteiger charge is 2.12. The zero-order chi connectivity index (χ0) is 20.4. The molecule has 0 heterocycles. The molecule has 0 saturated heterocycles. The topological polar surface area (TPSA) is 79.8 Å². The molecule has 6 heteroatoms. The molecule has 0 aliphatic carbocycles. The van der Waals surface area contributed by atoms with Gasteiger partial charge in [0.2, 0.25) is 0 Å². The van der Waals surface area contributed by atoms with Crippen molar-refractivity contribution in [2.24, 2.45) is 0 Å². The number of hydrogen-bond acceptors (Lipinski definition) is 5. The lowest BCUT2D eigenvalue weighted by Crippen LogP contribution is -2.31. The van der Waals surface area contributed by atoms with Crippen LogP contribution in [0.25, 0.3) is 0 Å². The van der Waals surface area contributed by atoms with Crippen LogP contribution in [0.2, 0.25) is 0 Å². The van der Waals surface area contributed by atoms with Crippen LogP contribution in [0, 0.1) is 0 Å². The molecule has 6 nitrogen and oxygen atoms in total. The minimum Gasteiger partial charge on any atom is -0.493 e. The van der Waals surface area contributed by atoms with E-state index >= 15 is 0 Å². The largest absolute Gasteiger partial charge is 0.493 e. The highest BCUT2D eigenvalue weighted by atomic mass is 16.5. The summed E-state index contributed by atoms with van der Waals surface area (Å²) in [5.41, 5.74) is 2.05. The first-order valence-electron chi connectivity index (χ1n) is 9.55. The molecule has 2 aromatic rings. The summed E-state index contributed by atoms with van der Waals surface area (Å²) < 4.78 is 11.0. The maximum absolute atomic E-state index is 12.2. The number of ether oxygens (including phenoxy) is 2. The van der Waals surface area contributed by atoms with E-state index in [1.54, 1.807) is 13.2 Å². The van der Waals surface area contributed by atoms with Crippen molar-refractivity contribution in [3.05, 3.63) is 59.7 Å². The van der Waals surface area contributed by atoms with Crippen LogP contribution in [0.3, 0.4) is 0 Å². The molecular weight excluding hydrogens is 356 g/mol. The Labute approximate surface area is 166 Å². The number of aliphatic hydroxyl groups is 1. The molecule has 3 N–H and O–H groups in total. The zero-order valence-electron chi connectivity index (χ0n) is 16.8. The minimum absolute atomic E-state index is 0.0669. The van der Waals surface area contributed by atoms with Gasteiger partial charge in [0, 0.05) is 12.6 Å². The van der Waals surface area contributed by atoms with Crippen molar-refractivity contribution in [2.45, 2.75) is 38.9 Å². The normalized spacial score (nSPS) is 12.9.